The molecule has 5 heterocycles. The normalized spacial score (nSPS) is 26.2. The molecule has 1 saturated carbocycles. The molecule has 4 fully saturated rings. The number of Topliss-reactive ketones (excluding diaryl/α,β-unsaturated/α-hetero) is 1. The molecule has 7 rings (SSSR count). The lowest BCUT2D eigenvalue weighted by Gasteiger charge is -2.35. The number of nitrogens with one attached hydrogen (secondary N) is 1. The fourth-order valence-corrected chi connectivity index (χ4v) is 7.46. The highest BCUT2D eigenvalue weighted by atomic mass is 19.1. The van der Waals surface area contributed by atoms with Crippen molar-refractivity contribution in [3.8, 4) is 5.69 Å². The molecule has 3 saturated heterocycles. The van der Waals surface area contributed by atoms with Crippen molar-refractivity contribution >= 4 is 28.5 Å². The first kappa shape index (κ1) is 27.2. The number of benzene rings is 1. The van der Waals surface area contributed by atoms with Crippen LogP contribution in [0.4, 0.5) is 4.39 Å². The van der Waals surface area contributed by atoms with E-state index in [1.165, 1.54) is 12.1 Å². The molecular weight excluding hydrogens is 537 g/mol. The number of likely N-dealkylation sites (tertiary alicyclic amines) is 1. The first-order valence-electron chi connectivity index (χ1n) is 15.1. The van der Waals surface area contributed by atoms with Gasteiger partial charge in [0.25, 0.3) is 5.91 Å². The Labute approximate surface area is 244 Å². The van der Waals surface area contributed by atoms with Crippen molar-refractivity contribution < 1.29 is 23.5 Å². The summed E-state index contributed by atoms with van der Waals surface area (Å²) in [6.45, 7) is 4.33. The highest BCUT2D eigenvalue weighted by Gasteiger charge is 2.44. The van der Waals surface area contributed by atoms with E-state index in [4.69, 9.17) is 4.74 Å². The second-order valence-corrected chi connectivity index (χ2v) is 12.3. The van der Waals surface area contributed by atoms with Crippen molar-refractivity contribution in [1.82, 2.24) is 24.7 Å². The second-order valence-electron chi connectivity index (χ2n) is 12.3. The maximum atomic E-state index is 14.5. The van der Waals surface area contributed by atoms with Crippen LogP contribution in [0.1, 0.15) is 59.7 Å². The van der Waals surface area contributed by atoms with Crippen LogP contribution in [0.3, 0.4) is 0 Å². The van der Waals surface area contributed by atoms with Gasteiger partial charge in [0.15, 0.2) is 5.78 Å². The molecule has 1 N–H and O–H groups in total. The molecule has 4 aliphatic rings. The van der Waals surface area contributed by atoms with Gasteiger partial charge in [-0.2, -0.15) is 0 Å². The van der Waals surface area contributed by atoms with E-state index in [0.717, 1.165) is 24.6 Å². The predicted molar refractivity (Wildman–Crippen MR) is 154 cm³/mol. The molecule has 1 aromatic carbocycles. The Hall–Kier alpha value is -3.63. The first-order valence-corrected chi connectivity index (χ1v) is 15.1. The third kappa shape index (κ3) is 4.70. The largest absolute Gasteiger partial charge is 0.377 e. The van der Waals surface area contributed by atoms with Crippen LogP contribution in [0.15, 0.2) is 42.9 Å². The lowest BCUT2D eigenvalue weighted by molar-refractivity contribution is -0.135. The minimum atomic E-state index is -0.504. The number of halogens is 1. The number of nitrogens with zero attached hydrogens (tertiary/aromatic N) is 4. The third-order valence-corrected chi connectivity index (χ3v) is 9.75. The number of rotatable bonds is 5. The summed E-state index contributed by atoms with van der Waals surface area (Å²) in [5.41, 5.74) is 1.95. The Morgan fingerprint density at radius 1 is 1.05 bits per heavy atom. The van der Waals surface area contributed by atoms with Crippen LogP contribution in [-0.4, -0.2) is 87.9 Å². The molecule has 2 amide bonds. The zero-order valence-electron chi connectivity index (χ0n) is 23.8. The average molecular weight is 574 g/mol. The van der Waals surface area contributed by atoms with Crippen molar-refractivity contribution in [3.63, 3.8) is 0 Å². The van der Waals surface area contributed by atoms with E-state index in [-0.39, 0.29) is 41.2 Å². The number of fused-ring (bicyclic) bond motifs is 3. The van der Waals surface area contributed by atoms with Crippen molar-refractivity contribution in [2.45, 2.75) is 57.2 Å². The average Bonchev–Trinajstić information content (AvgIpc) is 3.76. The molecule has 4 atom stereocenters. The van der Waals surface area contributed by atoms with E-state index in [0.29, 0.717) is 74.4 Å². The van der Waals surface area contributed by atoms with Gasteiger partial charge in [-0.25, -0.2) is 4.39 Å². The van der Waals surface area contributed by atoms with Gasteiger partial charge < -0.3 is 24.4 Å². The summed E-state index contributed by atoms with van der Waals surface area (Å²) in [4.78, 5) is 48.8. The standard InChI is InChI=1S/C32H36FN5O4/c1-19-18-42-13-12-37(19)31(40)25-15-22(33)3-5-27(25)38-17-26(24-6-9-34-16-28(24)38)30(39)20-7-10-36(11-8-20)32(41)29-21-2-4-23(14-21)35-29/h3,5-6,9,15-17,19-21,23,29,35H,2,4,7-8,10-14,18H2,1H3. The molecule has 9 nitrogen and oxygen atoms in total. The van der Waals surface area contributed by atoms with Gasteiger partial charge in [0, 0.05) is 54.9 Å². The van der Waals surface area contributed by atoms with Gasteiger partial charge in [0.05, 0.1) is 48.3 Å². The van der Waals surface area contributed by atoms with Crippen molar-refractivity contribution in [2.24, 2.45) is 11.8 Å². The molecule has 2 bridgehead atoms. The molecule has 42 heavy (non-hydrogen) atoms. The van der Waals surface area contributed by atoms with E-state index in [9.17, 15) is 18.8 Å². The van der Waals surface area contributed by atoms with E-state index < -0.39 is 5.82 Å². The van der Waals surface area contributed by atoms with Crippen LogP contribution in [0, 0.1) is 17.7 Å². The molecular formula is C32H36FN5O4. The molecule has 2 aromatic heterocycles. The van der Waals surface area contributed by atoms with Crippen molar-refractivity contribution in [1.29, 1.82) is 0 Å². The van der Waals surface area contributed by atoms with E-state index in [1.807, 2.05) is 17.9 Å². The molecule has 0 spiro atoms. The summed E-state index contributed by atoms with van der Waals surface area (Å²) in [5.74, 6) is -0.350. The van der Waals surface area contributed by atoms with Gasteiger partial charge in [-0.1, -0.05) is 0 Å². The summed E-state index contributed by atoms with van der Waals surface area (Å²) in [5, 5.41) is 4.24. The predicted octanol–water partition coefficient (Wildman–Crippen LogP) is 3.59. The number of carbonyl (C=O) groups is 3. The summed E-state index contributed by atoms with van der Waals surface area (Å²) in [6.07, 6.45) is 9.68. The number of morpholine rings is 1. The smallest absolute Gasteiger partial charge is 0.256 e. The summed E-state index contributed by atoms with van der Waals surface area (Å²) < 4.78 is 21.8. The summed E-state index contributed by atoms with van der Waals surface area (Å²) >= 11 is 0. The molecule has 1 aliphatic carbocycles. The Kier molecular flexibility index (Phi) is 7.06. The third-order valence-electron chi connectivity index (χ3n) is 9.75. The van der Waals surface area contributed by atoms with Crippen LogP contribution >= 0.6 is 0 Å². The minimum Gasteiger partial charge on any atom is -0.377 e. The van der Waals surface area contributed by atoms with Gasteiger partial charge in [-0.15, -0.1) is 0 Å². The summed E-state index contributed by atoms with van der Waals surface area (Å²) in [7, 11) is 0. The number of ether oxygens (including phenoxy) is 1. The van der Waals surface area contributed by atoms with E-state index in [1.54, 1.807) is 34.1 Å². The highest BCUT2D eigenvalue weighted by molar-refractivity contribution is 6.10. The quantitative estimate of drug-likeness (QED) is 0.469. The van der Waals surface area contributed by atoms with Gasteiger partial charge in [0.1, 0.15) is 5.82 Å². The van der Waals surface area contributed by atoms with Crippen LogP contribution < -0.4 is 5.32 Å². The monoisotopic (exact) mass is 573 g/mol. The van der Waals surface area contributed by atoms with Crippen LogP contribution in [0.5, 0.6) is 0 Å². The van der Waals surface area contributed by atoms with Crippen LogP contribution in [0.2, 0.25) is 0 Å². The lowest BCUT2D eigenvalue weighted by Crippen LogP contribution is -2.51. The Morgan fingerprint density at radius 3 is 2.62 bits per heavy atom. The topological polar surface area (TPSA) is 96.8 Å². The van der Waals surface area contributed by atoms with E-state index >= 15 is 0 Å². The molecule has 0 radical (unpaired) electrons. The molecule has 4 unspecified atom stereocenters. The number of aromatic nitrogens is 2. The van der Waals surface area contributed by atoms with Gasteiger partial charge in [0.2, 0.25) is 5.91 Å². The first-order chi connectivity index (χ1) is 20.4. The number of carbonyl (C=O) groups excluding carboxylic acids is 3. The molecule has 3 aliphatic heterocycles. The van der Waals surface area contributed by atoms with Crippen molar-refractivity contribution in [3.05, 3.63) is 59.8 Å². The van der Waals surface area contributed by atoms with E-state index in [2.05, 4.69) is 10.3 Å². The number of pyridine rings is 1. The highest BCUT2D eigenvalue weighted by Crippen LogP contribution is 2.37. The minimum absolute atomic E-state index is 0.0203. The maximum absolute atomic E-state index is 14.5. The molecule has 220 valence electrons. The zero-order valence-corrected chi connectivity index (χ0v) is 23.8. The fourth-order valence-electron chi connectivity index (χ4n) is 7.46. The van der Waals surface area contributed by atoms with Crippen LogP contribution in [0.25, 0.3) is 16.6 Å². The van der Waals surface area contributed by atoms with Gasteiger partial charge in [-0.05, 0) is 69.2 Å². The Balaban J connectivity index is 1.15. The van der Waals surface area contributed by atoms with Crippen molar-refractivity contribution in [2.75, 3.05) is 32.8 Å². The number of hydrogen-bond donors (Lipinski definition) is 1. The number of ketones is 1. The van der Waals surface area contributed by atoms with Gasteiger partial charge >= 0.3 is 0 Å². The zero-order chi connectivity index (χ0) is 29.0. The van der Waals surface area contributed by atoms with Gasteiger partial charge in [-0.3, -0.25) is 19.4 Å². The molecule has 10 heteroatoms. The number of hydrogen-bond acceptors (Lipinski definition) is 6. The number of amides is 2. The number of piperidine rings is 2. The lowest BCUT2D eigenvalue weighted by atomic mass is 9.88. The molecule has 3 aromatic rings. The van der Waals surface area contributed by atoms with Crippen LogP contribution in [-0.2, 0) is 9.53 Å². The Morgan fingerprint density at radius 2 is 1.88 bits per heavy atom. The maximum Gasteiger partial charge on any atom is 0.256 e. The Bertz CT molecular complexity index is 1550. The SMILES string of the molecule is CC1COCCN1C(=O)c1cc(F)ccc1-n1cc(C(=O)C2CCN(C(=O)C3NC4CCC3C4)CC2)c2ccncc21. The second kappa shape index (κ2) is 10.9. The fraction of sp³-hybridized carbons (Fsp3) is 0.500. The summed E-state index contributed by atoms with van der Waals surface area (Å²) in [6, 6.07) is 6.26.